The van der Waals surface area contributed by atoms with Crippen LogP contribution in [0.2, 0.25) is 0 Å². The quantitative estimate of drug-likeness (QED) is 0.239. The van der Waals surface area contributed by atoms with Gasteiger partial charge in [0.15, 0.2) is 5.96 Å². The Balaban J connectivity index is 4.15. The van der Waals surface area contributed by atoms with Crippen molar-refractivity contribution in [3.63, 3.8) is 0 Å². The van der Waals surface area contributed by atoms with Crippen molar-refractivity contribution >= 4 is 11.9 Å². The summed E-state index contributed by atoms with van der Waals surface area (Å²) in [6.07, 6.45) is 2.77. The Morgan fingerprint density at radius 2 is 2.00 bits per heavy atom. The van der Waals surface area contributed by atoms with Crippen LogP contribution in [0.4, 0.5) is 0 Å². The monoisotopic (exact) mass is 313 g/mol. The molecule has 0 atom stereocenters. The first-order valence-corrected chi connectivity index (χ1v) is 7.52. The molecule has 7 heteroatoms. The molecule has 0 heterocycles. The summed E-state index contributed by atoms with van der Waals surface area (Å²) in [4.78, 5) is 19.6. The molecule has 0 spiro atoms. The first-order valence-electron chi connectivity index (χ1n) is 7.52. The Hall–Kier alpha value is -1.60. The fraction of sp³-hybridized carbons (Fsp3) is 0.733. The smallest absolute Gasteiger partial charge is 0.243 e. The number of guanidine groups is 1. The highest BCUT2D eigenvalue weighted by molar-refractivity contribution is 5.84. The van der Waals surface area contributed by atoms with Gasteiger partial charge in [0.05, 0.1) is 0 Å². The fourth-order valence-corrected chi connectivity index (χ4v) is 1.59. The molecule has 0 saturated carbocycles. The number of nitrogens with zero attached hydrogens (tertiary/aromatic N) is 3. The molecule has 7 nitrogen and oxygen atoms in total. The molecule has 0 aromatic carbocycles. The van der Waals surface area contributed by atoms with E-state index >= 15 is 0 Å². The third-order valence-electron chi connectivity index (χ3n) is 2.96. The maximum Gasteiger partial charge on any atom is 0.243 e. The summed E-state index contributed by atoms with van der Waals surface area (Å²) in [7, 11) is 7.22. The Morgan fingerprint density at radius 3 is 2.59 bits per heavy atom. The van der Waals surface area contributed by atoms with Gasteiger partial charge in [-0.1, -0.05) is 6.08 Å². The minimum absolute atomic E-state index is 0.0311. The summed E-state index contributed by atoms with van der Waals surface area (Å²) >= 11 is 0. The van der Waals surface area contributed by atoms with E-state index in [9.17, 15) is 4.79 Å². The molecule has 1 amide bonds. The highest BCUT2D eigenvalue weighted by Gasteiger charge is 2.04. The summed E-state index contributed by atoms with van der Waals surface area (Å²) in [5.74, 6) is 0.594. The number of hydrogen-bond donors (Lipinski definition) is 2. The predicted octanol–water partition coefficient (Wildman–Crippen LogP) is -0.236. The van der Waals surface area contributed by atoms with Crippen molar-refractivity contribution in [2.24, 2.45) is 4.99 Å². The van der Waals surface area contributed by atoms with Crippen molar-refractivity contribution in [3.8, 4) is 0 Å². The van der Waals surface area contributed by atoms with Crippen molar-refractivity contribution in [2.45, 2.75) is 6.42 Å². The van der Waals surface area contributed by atoms with Gasteiger partial charge in [-0.05, 0) is 13.5 Å². The molecular weight excluding hydrogens is 282 g/mol. The molecular formula is C15H31N5O2. The van der Waals surface area contributed by atoms with E-state index in [0.29, 0.717) is 12.5 Å². The van der Waals surface area contributed by atoms with E-state index in [1.165, 1.54) is 4.90 Å². The number of aliphatic imine (C=N–C) groups is 1. The SMILES string of the molecule is C=CCNC(=NCC(=O)N(C)C)NCCN(C)CCCOC. The van der Waals surface area contributed by atoms with E-state index in [1.807, 2.05) is 0 Å². The van der Waals surface area contributed by atoms with Crippen molar-refractivity contribution in [3.05, 3.63) is 12.7 Å². The first-order chi connectivity index (χ1) is 10.5. The molecule has 0 aliphatic rings. The van der Waals surface area contributed by atoms with Gasteiger partial charge in [-0.2, -0.15) is 0 Å². The van der Waals surface area contributed by atoms with Crippen LogP contribution in [0.5, 0.6) is 0 Å². The number of methoxy groups -OCH3 is 1. The second-order valence-corrected chi connectivity index (χ2v) is 5.20. The summed E-state index contributed by atoms with van der Waals surface area (Å²) < 4.78 is 5.04. The van der Waals surface area contributed by atoms with Gasteiger partial charge >= 0.3 is 0 Å². The molecule has 22 heavy (non-hydrogen) atoms. The van der Waals surface area contributed by atoms with Crippen molar-refractivity contribution in [2.75, 3.05) is 67.6 Å². The Morgan fingerprint density at radius 1 is 1.27 bits per heavy atom. The third kappa shape index (κ3) is 11.1. The van der Waals surface area contributed by atoms with E-state index in [-0.39, 0.29) is 12.5 Å². The largest absolute Gasteiger partial charge is 0.385 e. The van der Waals surface area contributed by atoms with Gasteiger partial charge in [0, 0.05) is 54.0 Å². The lowest BCUT2D eigenvalue weighted by molar-refractivity contribution is -0.127. The van der Waals surface area contributed by atoms with E-state index < -0.39 is 0 Å². The van der Waals surface area contributed by atoms with Gasteiger partial charge in [0.1, 0.15) is 6.54 Å². The van der Waals surface area contributed by atoms with Crippen molar-refractivity contribution in [1.82, 2.24) is 20.4 Å². The van der Waals surface area contributed by atoms with Gasteiger partial charge in [-0.3, -0.25) is 4.79 Å². The Bertz CT molecular complexity index is 345. The average Bonchev–Trinajstić information content (AvgIpc) is 2.49. The summed E-state index contributed by atoms with van der Waals surface area (Å²) in [5, 5.41) is 6.32. The second kappa shape index (κ2) is 13.1. The maximum atomic E-state index is 11.6. The van der Waals surface area contributed by atoms with Gasteiger partial charge in [0.25, 0.3) is 0 Å². The molecule has 0 aliphatic heterocycles. The maximum absolute atomic E-state index is 11.6. The number of rotatable bonds is 11. The number of nitrogens with one attached hydrogen (secondary N) is 2. The van der Waals surface area contributed by atoms with Crippen molar-refractivity contribution in [1.29, 1.82) is 0 Å². The molecule has 0 rings (SSSR count). The molecule has 2 N–H and O–H groups in total. The number of amides is 1. The Labute approximate surface area is 134 Å². The van der Waals surface area contributed by atoms with Gasteiger partial charge in [-0.15, -0.1) is 6.58 Å². The highest BCUT2D eigenvalue weighted by atomic mass is 16.5. The van der Waals surface area contributed by atoms with Crippen LogP contribution in [0.25, 0.3) is 0 Å². The summed E-state index contributed by atoms with van der Waals surface area (Å²) in [6.45, 7) is 7.80. The minimum atomic E-state index is -0.0311. The first kappa shape index (κ1) is 20.4. The number of carbonyl (C=O) groups excluding carboxylic acids is 1. The van der Waals surface area contributed by atoms with E-state index in [2.05, 4.69) is 34.2 Å². The minimum Gasteiger partial charge on any atom is -0.385 e. The normalized spacial score (nSPS) is 11.4. The number of likely N-dealkylation sites (N-methyl/N-ethyl adjacent to an activating group) is 2. The van der Waals surface area contributed by atoms with Crippen LogP contribution in [0.15, 0.2) is 17.6 Å². The summed E-state index contributed by atoms with van der Waals surface area (Å²) in [6, 6.07) is 0. The molecule has 128 valence electrons. The zero-order chi connectivity index (χ0) is 16.8. The molecule has 0 fully saturated rings. The molecule has 0 aromatic heterocycles. The second-order valence-electron chi connectivity index (χ2n) is 5.20. The molecule has 0 saturated heterocycles. The number of hydrogen-bond acceptors (Lipinski definition) is 4. The lowest BCUT2D eigenvalue weighted by Crippen LogP contribution is -2.42. The zero-order valence-corrected chi connectivity index (χ0v) is 14.4. The van der Waals surface area contributed by atoms with Crippen LogP contribution in [-0.2, 0) is 9.53 Å². The van der Waals surface area contributed by atoms with Crippen LogP contribution >= 0.6 is 0 Å². The van der Waals surface area contributed by atoms with Crippen molar-refractivity contribution < 1.29 is 9.53 Å². The van der Waals surface area contributed by atoms with Crippen LogP contribution in [0, 0.1) is 0 Å². The molecule has 0 unspecified atom stereocenters. The van der Waals surface area contributed by atoms with Crippen LogP contribution in [0.3, 0.4) is 0 Å². The highest BCUT2D eigenvalue weighted by Crippen LogP contribution is 1.87. The molecule has 0 aliphatic carbocycles. The zero-order valence-electron chi connectivity index (χ0n) is 14.4. The van der Waals surface area contributed by atoms with Gasteiger partial charge < -0.3 is 25.2 Å². The van der Waals surface area contributed by atoms with Crippen LogP contribution < -0.4 is 10.6 Å². The van der Waals surface area contributed by atoms with E-state index in [1.54, 1.807) is 27.3 Å². The van der Waals surface area contributed by atoms with Crippen LogP contribution in [0.1, 0.15) is 6.42 Å². The number of carbonyl (C=O) groups is 1. The molecule has 0 radical (unpaired) electrons. The Kier molecular flexibility index (Phi) is 12.1. The predicted molar refractivity (Wildman–Crippen MR) is 91.2 cm³/mol. The van der Waals surface area contributed by atoms with E-state index in [4.69, 9.17) is 4.74 Å². The molecule has 0 bridgehead atoms. The van der Waals surface area contributed by atoms with Gasteiger partial charge in [-0.25, -0.2) is 4.99 Å². The number of ether oxygens (including phenoxy) is 1. The van der Waals surface area contributed by atoms with E-state index in [0.717, 1.165) is 32.7 Å². The summed E-state index contributed by atoms with van der Waals surface area (Å²) in [5.41, 5.74) is 0. The third-order valence-corrected chi connectivity index (χ3v) is 2.96. The van der Waals surface area contributed by atoms with Gasteiger partial charge in [0.2, 0.25) is 5.91 Å². The lowest BCUT2D eigenvalue weighted by atomic mass is 10.4. The lowest BCUT2D eigenvalue weighted by Gasteiger charge is -2.18. The standard InChI is InChI=1S/C15H31N5O2/c1-6-8-16-15(18-13-14(21)19(2)3)17-9-11-20(4)10-7-12-22-5/h6H,1,7-13H2,2-5H3,(H2,16,17,18). The van der Waals surface area contributed by atoms with Crippen LogP contribution in [-0.4, -0.2) is 89.3 Å². The average molecular weight is 313 g/mol. The fourth-order valence-electron chi connectivity index (χ4n) is 1.59. The topological polar surface area (TPSA) is 69.2 Å². The molecule has 0 aromatic rings.